The minimum Gasteiger partial charge on any atom is -0.493 e. The molecule has 0 radical (unpaired) electrons. The van der Waals surface area contributed by atoms with Gasteiger partial charge in [-0.15, -0.1) is 0 Å². The van der Waals surface area contributed by atoms with Crippen LogP contribution in [0.15, 0.2) is 42.5 Å². The summed E-state index contributed by atoms with van der Waals surface area (Å²) in [7, 11) is 3.36. The minimum absolute atomic E-state index is 0.0111. The summed E-state index contributed by atoms with van der Waals surface area (Å²) in [5.41, 5.74) is 2.99. The Balaban J connectivity index is 1.66. The van der Waals surface area contributed by atoms with E-state index in [1.54, 1.807) is 38.4 Å². The van der Waals surface area contributed by atoms with E-state index >= 15 is 0 Å². The summed E-state index contributed by atoms with van der Waals surface area (Å²) < 4.78 is 11.2. The van der Waals surface area contributed by atoms with Crippen molar-refractivity contribution in [3.8, 4) is 11.5 Å². The van der Waals surface area contributed by atoms with Gasteiger partial charge in [-0.1, -0.05) is 12.1 Å². The van der Waals surface area contributed by atoms with Gasteiger partial charge in [-0.25, -0.2) is 0 Å². The lowest BCUT2D eigenvalue weighted by atomic mass is 10.1. The number of nitrogens with one attached hydrogen (secondary N) is 1. The molecule has 156 valence electrons. The summed E-state index contributed by atoms with van der Waals surface area (Å²) in [4.78, 5) is 25.1. The average Bonchev–Trinajstić information content (AvgIpc) is 2.69. The van der Waals surface area contributed by atoms with E-state index in [-0.39, 0.29) is 18.4 Å². The fourth-order valence-corrected chi connectivity index (χ4v) is 2.56. The van der Waals surface area contributed by atoms with Gasteiger partial charge in [0.2, 0.25) is 5.91 Å². The second-order valence-corrected chi connectivity index (χ2v) is 7.22. The number of carbonyl (C=O) groups is 2. The van der Waals surface area contributed by atoms with Crippen molar-refractivity contribution in [3.63, 3.8) is 0 Å². The zero-order chi connectivity index (χ0) is 21.2. The van der Waals surface area contributed by atoms with Crippen LogP contribution in [0.4, 0.5) is 5.69 Å². The molecule has 0 saturated heterocycles. The molecule has 0 saturated carbocycles. The number of hydrogen-bond acceptors (Lipinski definition) is 4. The molecule has 2 aromatic carbocycles. The number of carbonyl (C=O) groups excluding carboxylic acids is 2. The Bertz CT molecular complexity index is 816. The highest BCUT2D eigenvalue weighted by Gasteiger charge is 2.06. The van der Waals surface area contributed by atoms with Crippen LogP contribution in [0, 0.1) is 13.8 Å². The lowest BCUT2D eigenvalue weighted by molar-refractivity contribution is -0.130. The van der Waals surface area contributed by atoms with E-state index in [0.29, 0.717) is 24.5 Å². The van der Waals surface area contributed by atoms with E-state index in [1.807, 2.05) is 19.9 Å². The van der Waals surface area contributed by atoms with Crippen LogP contribution in [-0.4, -0.2) is 44.0 Å². The smallest absolute Gasteiger partial charge is 0.259 e. The van der Waals surface area contributed by atoms with Gasteiger partial charge < -0.3 is 19.7 Å². The molecule has 0 aromatic heterocycles. The molecule has 0 aliphatic heterocycles. The number of amides is 2. The third kappa shape index (κ3) is 7.86. The van der Waals surface area contributed by atoms with Crippen LogP contribution in [0.5, 0.6) is 11.5 Å². The number of unbranched alkanes of at least 4 members (excludes halogenated alkanes) is 1. The normalized spacial score (nSPS) is 10.3. The largest absolute Gasteiger partial charge is 0.493 e. The number of hydrogen-bond donors (Lipinski definition) is 1. The van der Waals surface area contributed by atoms with Crippen LogP contribution >= 0.6 is 0 Å². The predicted molar refractivity (Wildman–Crippen MR) is 115 cm³/mol. The topological polar surface area (TPSA) is 67.9 Å². The number of nitrogens with zero attached hydrogens (tertiary/aromatic N) is 1. The number of anilines is 1. The summed E-state index contributed by atoms with van der Waals surface area (Å²) >= 11 is 0. The fraction of sp³-hybridized carbons (Fsp3) is 0.391. The van der Waals surface area contributed by atoms with Gasteiger partial charge in [-0.05, 0) is 68.1 Å². The van der Waals surface area contributed by atoms with Crippen molar-refractivity contribution in [2.75, 3.05) is 32.6 Å². The van der Waals surface area contributed by atoms with Gasteiger partial charge in [0.25, 0.3) is 5.91 Å². The van der Waals surface area contributed by atoms with E-state index in [2.05, 4.69) is 17.4 Å². The van der Waals surface area contributed by atoms with Crippen LogP contribution in [0.1, 0.15) is 30.4 Å². The highest BCUT2D eigenvalue weighted by atomic mass is 16.5. The molecule has 29 heavy (non-hydrogen) atoms. The molecule has 6 heteroatoms. The van der Waals surface area contributed by atoms with Crippen molar-refractivity contribution in [2.45, 2.75) is 33.1 Å². The Labute approximate surface area is 172 Å². The first-order valence-electron chi connectivity index (χ1n) is 9.78. The van der Waals surface area contributed by atoms with E-state index in [4.69, 9.17) is 9.47 Å². The zero-order valence-corrected chi connectivity index (χ0v) is 17.7. The van der Waals surface area contributed by atoms with Gasteiger partial charge >= 0.3 is 0 Å². The Morgan fingerprint density at radius 1 is 0.966 bits per heavy atom. The van der Waals surface area contributed by atoms with E-state index < -0.39 is 0 Å². The molecule has 1 N–H and O–H groups in total. The third-order valence-electron chi connectivity index (χ3n) is 4.40. The van der Waals surface area contributed by atoms with Gasteiger partial charge in [0.05, 0.1) is 6.61 Å². The molecule has 0 atom stereocenters. The molecule has 0 aliphatic carbocycles. The number of likely N-dealkylation sites (N-methyl/N-ethyl adjacent to an activating group) is 1. The number of aryl methyl sites for hydroxylation is 2. The van der Waals surface area contributed by atoms with Gasteiger partial charge in [0.15, 0.2) is 6.61 Å². The highest BCUT2D eigenvalue weighted by molar-refractivity contribution is 5.90. The Hall–Kier alpha value is -3.02. The Morgan fingerprint density at radius 3 is 2.38 bits per heavy atom. The van der Waals surface area contributed by atoms with Gasteiger partial charge in [-0.3, -0.25) is 9.59 Å². The van der Waals surface area contributed by atoms with Crippen molar-refractivity contribution in [3.05, 3.63) is 53.6 Å². The molecular weight excluding hydrogens is 368 g/mol. The molecule has 0 heterocycles. The summed E-state index contributed by atoms with van der Waals surface area (Å²) in [6, 6.07) is 13.1. The van der Waals surface area contributed by atoms with Crippen molar-refractivity contribution >= 4 is 17.5 Å². The first-order valence-corrected chi connectivity index (χ1v) is 9.78. The van der Waals surface area contributed by atoms with Gasteiger partial charge in [0, 0.05) is 26.2 Å². The summed E-state index contributed by atoms with van der Waals surface area (Å²) in [6.45, 7) is 4.65. The molecule has 6 nitrogen and oxygen atoms in total. The SMILES string of the molecule is Cc1ccc(C)c(OCCCCC(=O)Nc2ccc(OCC(=O)N(C)C)cc2)c1. The summed E-state index contributed by atoms with van der Waals surface area (Å²) in [5.74, 6) is 1.35. The predicted octanol–water partition coefficient (Wildman–Crippen LogP) is 3.96. The fourth-order valence-electron chi connectivity index (χ4n) is 2.56. The standard InChI is InChI=1S/C23H30N2O4/c1-17-8-9-18(2)21(15-17)28-14-6-5-7-22(26)24-19-10-12-20(13-11-19)29-16-23(27)25(3)4/h8-13,15H,5-7,14,16H2,1-4H3,(H,24,26). The lowest BCUT2D eigenvalue weighted by Crippen LogP contribution is -2.27. The number of rotatable bonds is 10. The van der Waals surface area contributed by atoms with E-state index in [1.165, 1.54) is 10.5 Å². The molecule has 2 rings (SSSR count). The first kappa shape index (κ1) is 22.3. The van der Waals surface area contributed by atoms with Crippen LogP contribution in [0.2, 0.25) is 0 Å². The Kier molecular flexibility index (Phi) is 8.52. The average molecular weight is 399 g/mol. The van der Waals surface area contributed by atoms with Crippen molar-refractivity contribution in [1.82, 2.24) is 4.90 Å². The number of benzene rings is 2. The van der Waals surface area contributed by atoms with Crippen LogP contribution in [-0.2, 0) is 9.59 Å². The monoisotopic (exact) mass is 398 g/mol. The summed E-state index contributed by atoms with van der Waals surface area (Å²) in [6.07, 6.45) is 2.00. The molecule has 2 amide bonds. The molecule has 0 spiro atoms. The highest BCUT2D eigenvalue weighted by Crippen LogP contribution is 2.19. The molecular formula is C23H30N2O4. The zero-order valence-electron chi connectivity index (χ0n) is 17.7. The summed E-state index contributed by atoms with van der Waals surface area (Å²) in [5, 5.41) is 2.87. The molecule has 0 unspecified atom stereocenters. The van der Waals surface area contributed by atoms with Crippen LogP contribution < -0.4 is 14.8 Å². The van der Waals surface area contributed by atoms with Crippen LogP contribution in [0.3, 0.4) is 0 Å². The minimum atomic E-state index is -0.107. The molecule has 0 aliphatic rings. The van der Waals surface area contributed by atoms with Gasteiger partial charge in [0.1, 0.15) is 11.5 Å². The van der Waals surface area contributed by atoms with Crippen molar-refractivity contribution < 1.29 is 19.1 Å². The number of ether oxygens (including phenoxy) is 2. The lowest BCUT2D eigenvalue weighted by Gasteiger charge is -2.12. The molecule has 2 aromatic rings. The molecule has 0 fully saturated rings. The van der Waals surface area contributed by atoms with Crippen LogP contribution in [0.25, 0.3) is 0 Å². The molecule has 0 bridgehead atoms. The maximum absolute atomic E-state index is 12.1. The Morgan fingerprint density at radius 2 is 1.69 bits per heavy atom. The van der Waals surface area contributed by atoms with E-state index in [0.717, 1.165) is 24.2 Å². The maximum Gasteiger partial charge on any atom is 0.259 e. The van der Waals surface area contributed by atoms with Crippen molar-refractivity contribution in [2.24, 2.45) is 0 Å². The quantitative estimate of drug-likeness (QED) is 0.615. The second-order valence-electron chi connectivity index (χ2n) is 7.22. The maximum atomic E-state index is 12.1. The van der Waals surface area contributed by atoms with Gasteiger partial charge in [-0.2, -0.15) is 0 Å². The van der Waals surface area contributed by atoms with E-state index in [9.17, 15) is 9.59 Å². The third-order valence-corrected chi connectivity index (χ3v) is 4.40. The van der Waals surface area contributed by atoms with Crippen molar-refractivity contribution in [1.29, 1.82) is 0 Å². The second kappa shape index (κ2) is 11.1. The first-order chi connectivity index (χ1) is 13.8.